The number of benzene rings is 7. The number of para-hydroxylation sites is 5. The number of imidazole rings is 1. The van der Waals surface area contributed by atoms with Crippen LogP contribution < -0.4 is 9.64 Å². The van der Waals surface area contributed by atoms with Gasteiger partial charge in [0.2, 0.25) is 0 Å². The zero-order chi connectivity index (χ0) is 41.2. The second-order valence-corrected chi connectivity index (χ2v) is 17.7. The number of fused-ring (bicyclic) bond motifs is 14. The molecule has 7 heteroatoms. The van der Waals surface area contributed by atoms with E-state index in [4.69, 9.17) is 14.7 Å². The van der Waals surface area contributed by atoms with Gasteiger partial charge in [0.15, 0.2) is 0 Å². The van der Waals surface area contributed by atoms with Crippen molar-refractivity contribution >= 4 is 77.4 Å². The molecule has 0 aliphatic carbocycles. The van der Waals surface area contributed by atoms with Crippen molar-refractivity contribution in [2.24, 2.45) is 0 Å². The SMILES string of the molecule is CC(C)(C)c1ccnc(N2c3[c-]c(Oc4[c-]c5c(cc4)c4ccc6c(c7ccccc7n6-c6ccccc6)c4n4c6ccccc6nc54)ccc3C(C)(C)c3ccccc32)c1.[Pd+2]. The van der Waals surface area contributed by atoms with E-state index < -0.39 is 0 Å². The van der Waals surface area contributed by atoms with E-state index in [1.807, 2.05) is 18.3 Å². The van der Waals surface area contributed by atoms with Gasteiger partial charge in [-0.05, 0) is 81.9 Å². The molecule has 5 heterocycles. The third kappa shape index (κ3) is 5.58. The van der Waals surface area contributed by atoms with Gasteiger partial charge in [0.1, 0.15) is 5.82 Å². The van der Waals surface area contributed by atoms with E-state index in [0.29, 0.717) is 11.5 Å². The van der Waals surface area contributed by atoms with E-state index in [9.17, 15) is 0 Å². The molecule has 0 amide bonds. The zero-order valence-electron chi connectivity index (χ0n) is 35.0. The van der Waals surface area contributed by atoms with Crippen molar-refractivity contribution in [2.75, 3.05) is 4.90 Å². The van der Waals surface area contributed by atoms with Crippen molar-refractivity contribution in [1.82, 2.24) is 18.9 Å². The Balaban J connectivity index is 0.00000432. The fourth-order valence-electron chi connectivity index (χ4n) is 9.73. The van der Waals surface area contributed by atoms with Crippen LogP contribution in [0.15, 0.2) is 158 Å². The predicted molar refractivity (Wildman–Crippen MR) is 250 cm³/mol. The first-order valence-corrected chi connectivity index (χ1v) is 20.9. The van der Waals surface area contributed by atoms with Gasteiger partial charge in [0.25, 0.3) is 0 Å². The number of hydrogen-bond acceptors (Lipinski definition) is 4. The summed E-state index contributed by atoms with van der Waals surface area (Å²) in [6, 6.07) is 61.0. The molecule has 0 atom stereocenters. The third-order valence-corrected chi connectivity index (χ3v) is 12.7. The van der Waals surface area contributed by atoms with Crippen molar-refractivity contribution in [1.29, 1.82) is 0 Å². The minimum Gasteiger partial charge on any atom is -0.503 e. The van der Waals surface area contributed by atoms with Gasteiger partial charge in [-0.3, -0.25) is 4.98 Å². The minimum atomic E-state index is -0.275. The molecule has 0 radical (unpaired) electrons. The molecular weight excluding hydrogens is 853 g/mol. The largest absolute Gasteiger partial charge is 2.00 e. The normalized spacial score (nSPS) is 13.5. The third-order valence-electron chi connectivity index (χ3n) is 12.7. The number of hydrogen-bond donors (Lipinski definition) is 0. The Morgan fingerprint density at radius 1 is 0.629 bits per heavy atom. The Kier molecular flexibility index (Phi) is 8.54. The number of rotatable bonds is 4. The number of anilines is 3. The average Bonchev–Trinajstić information content (AvgIpc) is 3.83. The summed E-state index contributed by atoms with van der Waals surface area (Å²) in [6.45, 7) is 11.3. The Morgan fingerprint density at radius 3 is 2.18 bits per heavy atom. The molecule has 6 nitrogen and oxygen atoms in total. The van der Waals surface area contributed by atoms with Crippen LogP contribution in [0.25, 0.3) is 65.8 Å². The molecule has 0 unspecified atom stereocenters. The monoisotopic (exact) mass is 893 g/mol. The second-order valence-electron chi connectivity index (χ2n) is 17.7. The molecule has 12 rings (SSSR count). The molecule has 0 spiro atoms. The minimum absolute atomic E-state index is 0. The van der Waals surface area contributed by atoms with Crippen LogP contribution in [0.1, 0.15) is 51.3 Å². The summed E-state index contributed by atoms with van der Waals surface area (Å²) in [4.78, 5) is 12.5. The molecule has 4 aromatic heterocycles. The molecule has 0 saturated carbocycles. The Bertz CT molecular complexity index is 3600. The first-order valence-electron chi connectivity index (χ1n) is 20.9. The van der Waals surface area contributed by atoms with E-state index in [2.05, 4.69) is 200 Å². The van der Waals surface area contributed by atoms with Crippen LogP contribution in [0.4, 0.5) is 17.2 Å². The smallest absolute Gasteiger partial charge is 0.503 e. The molecule has 7 aromatic carbocycles. The number of nitrogens with zero attached hydrogens (tertiary/aromatic N) is 5. The average molecular weight is 894 g/mol. The fourth-order valence-corrected chi connectivity index (χ4v) is 9.73. The van der Waals surface area contributed by atoms with Crippen LogP contribution in [-0.2, 0) is 31.3 Å². The summed E-state index contributed by atoms with van der Waals surface area (Å²) in [6.07, 6.45) is 1.91. The van der Waals surface area contributed by atoms with Crippen LogP contribution in [0, 0.1) is 12.1 Å². The van der Waals surface area contributed by atoms with Gasteiger partial charge < -0.3 is 18.6 Å². The fraction of sp³-hybridized carbons (Fsp3) is 0.127. The van der Waals surface area contributed by atoms with Crippen molar-refractivity contribution in [3.05, 3.63) is 187 Å². The predicted octanol–water partition coefficient (Wildman–Crippen LogP) is 14.1. The quantitative estimate of drug-likeness (QED) is 0.100. The first kappa shape index (κ1) is 38.2. The number of ether oxygens (including phenoxy) is 1. The first-order chi connectivity index (χ1) is 29.6. The Hall–Kier alpha value is -6.78. The summed E-state index contributed by atoms with van der Waals surface area (Å²) >= 11 is 0. The summed E-state index contributed by atoms with van der Waals surface area (Å²) in [5.74, 6) is 2.04. The molecule has 302 valence electrons. The van der Waals surface area contributed by atoms with Crippen LogP contribution in [0.3, 0.4) is 0 Å². The maximum atomic E-state index is 6.79. The van der Waals surface area contributed by atoms with E-state index in [1.165, 1.54) is 21.9 Å². The summed E-state index contributed by atoms with van der Waals surface area (Å²) in [7, 11) is 0. The maximum absolute atomic E-state index is 6.79. The molecule has 62 heavy (non-hydrogen) atoms. The van der Waals surface area contributed by atoms with Gasteiger partial charge >= 0.3 is 20.4 Å². The van der Waals surface area contributed by atoms with Crippen molar-refractivity contribution in [3.8, 4) is 17.2 Å². The standard InChI is InChI=1S/C55H41N5O.Pd/c1-54(2,3)34-29-30-56-50(31-34)59-46-21-13-10-18-42(46)55(4,5)43-27-24-37(33-49(43)59)61-36-23-25-38-39-26-28-48-51(40-17-9-12-20-45(40)58(48)35-15-7-6-8-16-35)52(39)60-47-22-14-11-19-44(47)57-53(60)41(38)32-36;/h6-31H,1-5H3;/q-2;+2. The van der Waals surface area contributed by atoms with Crippen molar-refractivity contribution in [3.63, 3.8) is 0 Å². The number of aromatic nitrogens is 4. The molecule has 0 saturated heterocycles. The van der Waals surface area contributed by atoms with E-state index in [1.54, 1.807) is 0 Å². The van der Waals surface area contributed by atoms with Gasteiger partial charge in [0.05, 0.1) is 27.7 Å². The Labute approximate surface area is 373 Å². The molecule has 0 fully saturated rings. The van der Waals surface area contributed by atoms with Crippen LogP contribution >= 0.6 is 0 Å². The number of pyridine rings is 2. The summed E-state index contributed by atoms with van der Waals surface area (Å²) < 4.78 is 11.5. The maximum Gasteiger partial charge on any atom is 2.00 e. The van der Waals surface area contributed by atoms with Crippen LogP contribution in [0.5, 0.6) is 11.5 Å². The summed E-state index contributed by atoms with van der Waals surface area (Å²) in [5, 5.41) is 5.46. The molecule has 1 aliphatic heterocycles. The van der Waals surface area contributed by atoms with Crippen LogP contribution in [-0.4, -0.2) is 18.9 Å². The molecule has 0 N–H and O–H groups in total. The molecule has 1 aliphatic rings. The van der Waals surface area contributed by atoms with Gasteiger partial charge in [-0.15, -0.1) is 29.8 Å². The van der Waals surface area contributed by atoms with E-state index in [-0.39, 0.29) is 31.3 Å². The van der Waals surface area contributed by atoms with Gasteiger partial charge in [-0.1, -0.05) is 130 Å². The van der Waals surface area contributed by atoms with E-state index in [0.717, 1.165) is 77.8 Å². The van der Waals surface area contributed by atoms with Gasteiger partial charge in [-0.25, -0.2) is 4.98 Å². The molecule has 0 bridgehead atoms. The molecule has 11 aromatic rings. The Morgan fingerprint density at radius 2 is 1.34 bits per heavy atom. The van der Waals surface area contributed by atoms with Crippen LogP contribution in [0.2, 0.25) is 0 Å². The van der Waals surface area contributed by atoms with Gasteiger partial charge in [0, 0.05) is 45.4 Å². The summed E-state index contributed by atoms with van der Waals surface area (Å²) in [5.41, 5.74) is 12.7. The van der Waals surface area contributed by atoms with Crippen molar-refractivity contribution in [2.45, 2.75) is 45.4 Å². The topological polar surface area (TPSA) is 47.6 Å². The zero-order valence-corrected chi connectivity index (χ0v) is 36.5. The van der Waals surface area contributed by atoms with Gasteiger partial charge in [-0.2, -0.15) is 6.07 Å². The van der Waals surface area contributed by atoms with E-state index >= 15 is 0 Å². The molecular formula is C55H41N5OPd. The second kappa shape index (κ2) is 13.9. The van der Waals surface area contributed by atoms with Crippen molar-refractivity contribution < 1.29 is 25.2 Å².